The molecule has 0 saturated heterocycles. The van der Waals surface area contributed by atoms with Gasteiger partial charge in [-0.3, -0.25) is 9.59 Å². The normalized spacial score (nSPS) is 12.4. The van der Waals surface area contributed by atoms with E-state index in [0.717, 1.165) is 12.8 Å². The number of amides is 2. The molecule has 1 aliphatic rings. The molecule has 2 aromatic rings. The number of anilines is 1. The van der Waals surface area contributed by atoms with Crippen molar-refractivity contribution in [2.45, 2.75) is 19.8 Å². The van der Waals surface area contributed by atoms with Crippen molar-refractivity contribution < 1.29 is 19.1 Å². The van der Waals surface area contributed by atoms with Gasteiger partial charge >= 0.3 is 0 Å². The first-order valence-electron chi connectivity index (χ1n) is 9.15. The fourth-order valence-electron chi connectivity index (χ4n) is 2.84. The lowest BCUT2D eigenvalue weighted by Gasteiger charge is -2.19. The molecule has 2 amide bonds. The van der Waals surface area contributed by atoms with E-state index in [1.54, 1.807) is 54.4 Å². The summed E-state index contributed by atoms with van der Waals surface area (Å²) in [4.78, 5) is 26.8. The number of carbonyl (C=O) groups is 2. The highest BCUT2D eigenvalue weighted by atomic mass is 16.6. The Kier molecular flexibility index (Phi) is 5.96. The lowest BCUT2D eigenvalue weighted by atomic mass is 10.1. The molecule has 142 valence electrons. The number of rotatable bonds is 6. The highest BCUT2D eigenvalue weighted by Gasteiger charge is 2.16. The van der Waals surface area contributed by atoms with Crippen molar-refractivity contribution in [1.82, 2.24) is 4.90 Å². The second kappa shape index (κ2) is 8.58. The molecule has 0 aromatic heterocycles. The summed E-state index contributed by atoms with van der Waals surface area (Å²) in [5.74, 6) is 0.914. The lowest BCUT2D eigenvalue weighted by Crippen LogP contribution is -2.28. The van der Waals surface area contributed by atoms with Crippen LogP contribution < -0.4 is 14.8 Å². The van der Waals surface area contributed by atoms with Gasteiger partial charge < -0.3 is 19.7 Å². The number of fused-ring (bicyclic) bond motifs is 1. The van der Waals surface area contributed by atoms with Crippen molar-refractivity contribution in [2.75, 3.05) is 32.1 Å². The van der Waals surface area contributed by atoms with E-state index in [9.17, 15) is 9.59 Å². The Morgan fingerprint density at radius 3 is 2.56 bits per heavy atom. The summed E-state index contributed by atoms with van der Waals surface area (Å²) in [7, 11) is 1.78. The number of carbonyl (C=O) groups excluding carboxylic acids is 2. The highest BCUT2D eigenvalue weighted by molar-refractivity contribution is 6.06. The minimum Gasteiger partial charge on any atom is -0.486 e. The van der Waals surface area contributed by atoms with E-state index in [-0.39, 0.29) is 11.8 Å². The zero-order chi connectivity index (χ0) is 19.2. The van der Waals surface area contributed by atoms with E-state index in [1.807, 2.05) is 0 Å². The Labute approximate surface area is 159 Å². The van der Waals surface area contributed by atoms with Gasteiger partial charge in [0.15, 0.2) is 11.5 Å². The monoisotopic (exact) mass is 368 g/mol. The number of ether oxygens (including phenoxy) is 2. The smallest absolute Gasteiger partial charge is 0.255 e. The number of nitrogens with one attached hydrogen (secondary N) is 1. The molecule has 6 heteroatoms. The van der Waals surface area contributed by atoms with Gasteiger partial charge in [-0.25, -0.2) is 0 Å². The largest absolute Gasteiger partial charge is 0.486 e. The Balaban J connectivity index is 1.71. The maximum Gasteiger partial charge on any atom is 0.255 e. The van der Waals surface area contributed by atoms with Crippen LogP contribution in [-0.2, 0) is 0 Å². The topological polar surface area (TPSA) is 67.9 Å². The number of hydrogen-bond acceptors (Lipinski definition) is 4. The summed E-state index contributed by atoms with van der Waals surface area (Å²) in [6.07, 6.45) is 1.97. The van der Waals surface area contributed by atoms with Crippen molar-refractivity contribution in [3.63, 3.8) is 0 Å². The van der Waals surface area contributed by atoms with Gasteiger partial charge in [0.05, 0.1) is 0 Å². The van der Waals surface area contributed by atoms with E-state index >= 15 is 0 Å². The molecule has 27 heavy (non-hydrogen) atoms. The summed E-state index contributed by atoms with van der Waals surface area (Å²) in [6.45, 7) is 3.79. The number of benzene rings is 2. The van der Waals surface area contributed by atoms with Gasteiger partial charge in [0, 0.05) is 36.5 Å². The Hall–Kier alpha value is -3.02. The molecular weight excluding hydrogens is 344 g/mol. The standard InChI is InChI=1S/C21H24N2O4/c1-3-4-10-23(2)21(25)16-7-5-6-15(13-16)20(24)22-17-8-9-18-19(14-17)27-12-11-26-18/h5-9,13-14H,3-4,10-12H2,1-2H3,(H,22,24). The quantitative estimate of drug-likeness (QED) is 0.846. The van der Waals surface area contributed by atoms with Crippen LogP contribution in [0.2, 0.25) is 0 Å². The molecule has 0 spiro atoms. The fourth-order valence-corrected chi connectivity index (χ4v) is 2.84. The Bertz CT molecular complexity index is 835. The van der Waals surface area contributed by atoms with Crippen LogP contribution in [0.4, 0.5) is 5.69 Å². The minimum atomic E-state index is -0.280. The molecule has 1 aliphatic heterocycles. The first-order chi connectivity index (χ1) is 13.1. The fraction of sp³-hybridized carbons (Fsp3) is 0.333. The van der Waals surface area contributed by atoms with Gasteiger partial charge in [-0.1, -0.05) is 19.4 Å². The summed E-state index contributed by atoms with van der Waals surface area (Å²) in [6, 6.07) is 12.0. The van der Waals surface area contributed by atoms with Crippen LogP contribution in [-0.4, -0.2) is 43.5 Å². The third-order valence-corrected chi connectivity index (χ3v) is 4.37. The predicted molar refractivity (Wildman–Crippen MR) is 104 cm³/mol. The molecule has 1 N–H and O–H groups in total. The van der Waals surface area contributed by atoms with Crippen LogP contribution in [0.3, 0.4) is 0 Å². The zero-order valence-corrected chi connectivity index (χ0v) is 15.7. The lowest BCUT2D eigenvalue weighted by molar-refractivity contribution is 0.0793. The average Bonchev–Trinajstić information content (AvgIpc) is 2.71. The SMILES string of the molecule is CCCCN(C)C(=O)c1cccc(C(=O)Nc2ccc3c(c2)OCCO3)c1. The van der Waals surface area contributed by atoms with Gasteiger partial charge in [0.25, 0.3) is 11.8 Å². The maximum atomic E-state index is 12.6. The molecule has 0 fully saturated rings. The highest BCUT2D eigenvalue weighted by Crippen LogP contribution is 2.32. The van der Waals surface area contributed by atoms with E-state index < -0.39 is 0 Å². The van der Waals surface area contributed by atoms with Crippen molar-refractivity contribution in [3.05, 3.63) is 53.6 Å². The number of nitrogens with zero attached hydrogens (tertiary/aromatic N) is 1. The first-order valence-corrected chi connectivity index (χ1v) is 9.15. The molecule has 2 aromatic carbocycles. The van der Waals surface area contributed by atoms with E-state index in [1.165, 1.54) is 0 Å². The number of unbranched alkanes of at least 4 members (excludes halogenated alkanes) is 1. The third kappa shape index (κ3) is 4.58. The molecule has 0 atom stereocenters. The third-order valence-electron chi connectivity index (χ3n) is 4.37. The van der Waals surface area contributed by atoms with Crippen molar-refractivity contribution >= 4 is 17.5 Å². The molecule has 0 radical (unpaired) electrons. The predicted octanol–water partition coefficient (Wildman–Crippen LogP) is 3.58. The molecular formula is C21H24N2O4. The molecule has 1 heterocycles. The van der Waals surface area contributed by atoms with E-state index in [0.29, 0.717) is 48.1 Å². The average molecular weight is 368 g/mol. The van der Waals surface area contributed by atoms with Crippen molar-refractivity contribution in [2.24, 2.45) is 0 Å². The van der Waals surface area contributed by atoms with Gasteiger partial charge in [-0.2, -0.15) is 0 Å². The first kappa shape index (κ1) is 18.8. The van der Waals surface area contributed by atoms with Crippen LogP contribution in [0.15, 0.2) is 42.5 Å². The Morgan fingerprint density at radius 2 is 1.78 bits per heavy atom. The molecule has 0 saturated carbocycles. The van der Waals surface area contributed by atoms with Crippen molar-refractivity contribution in [1.29, 1.82) is 0 Å². The molecule has 3 rings (SSSR count). The molecule has 0 bridgehead atoms. The molecule has 0 aliphatic carbocycles. The second-order valence-electron chi connectivity index (χ2n) is 6.47. The maximum absolute atomic E-state index is 12.6. The van der Waals surface area contributed by atoms with Crippen LogP contribution in [0.5, 0.6) is 11.5 Å². The van der Waals surface area contributed by atoms with Gasteiger partial charge in [-0.05, 0) is 36.8 Å². The molecule has 6 nitrogen and oxygen atoms in total. The minimum absolute atomic E-state index is 0.0857. The summed E-state index contributed by atoms with van der Waals surface area (Å²) in [5.41, 5.74) is 1.55. The summed E-state index contributed by atoms with van der Waals surface area (Å²) >= 11 is 0. The second-order valence-corrected chi connectivity index (χ2v) is 6.47. The molecule has 0 unspecified atom stereocenters. The van der Waals surface area contributed by atoms with E-state index in [4.69, 9.17) is 9.47 Å². The van der Waals surface area contributed by atoms with Crippen molar-refractivity contribution in [3.8, 4) is 11.5 Å². The Morgan fingerprint density at radius 1 is 1.04 bits per heavy atom. The summed E-state index contributed by atoms with van der Waals surface area (Å²) < 4.78 is 11.0. The van der Waals surface area contributed by atoms with Crippen LogP contribution >= 0.6 is 0 Å². The van der Waals surface area contributed by atoms with E-state index in [2.05, 4.69) is 12.2 Å². The number of hydrogen-bond donors (Lipinski definition) is 1. The van der Waals surface area contributed by atoms with Gasteiger partial charge in [-0.15, -0.1) is 0 Å². The van der Waals surface area contributed by atoms with Crippen LogP contribution in [0.25, 0.3) is 0 Å². The van der Waals surface area contributed by atoms with Crippen LogP contribution in [0.1, 0.15) is 40.5 Å². The zero-order valence-electron chi connectivity index (χ0n) is 15.7. The van der Waals surface area contributed by atoms with Gasteiger partial charge in [0.1, 0.15) is 13.2 Å². The summed E-state index contributed by atoms with van der Waals surface area (Å²) in [5, 5.41) is 2.84. The van der Waals surface area contributed by atoms with Gasteiger partial charge in [0.2, 0.25) is 0 Å². The van der Waals surface area contributed by atoms with Crippen LogP contribution in [0, 0.1) is 0 Å².